The van der Waals surface area contributed by atoms with Crippen LogP contribution in [-0.4, -0.2) is 10.5 Å². The maximum atomic E-state index is 11.1. The van der Waals surface area contributed by atoms with E-state index in [9.17, 15) is 9.59 Å². The zero-order valence-electron chi connectivity index (χ0n) is 7.90. The van der Waals surface area contributed by atoms with Gasteiger partial charge in [0.1, 0.15) is 5.41 Å². The molecule has 76 valence electrons. The summed E-state index contributed by atoms with van der Waals surface area (Å²) in [6.07, 6.45) is 2.52. The average Bonchev–Trinajstić information content (AvgIpc) is 2.05. The molecule has 0 saturated carbocycles. The second-order valence-corrected chi connectivity index (χ2v) is 3.77. The fourth-order valence-corrected chi connectivity index (χ4v) is 1.88. The van der Waals surface area contributed by atoms with E-state index in [1.807, 2.05) is 6.92 Å². The van der Waals surface area contributed by atoms with Gasteiger partial charge in [0, 0.05) is 0 Å². The highest BCUT2D eigenvalue weighted by Gasteiger charge is 2.41. The number of carbonyl (C=O) groups is 2. The van der Waals surface area contributed by atoms with Crippen LogP contribution in [-0.2, 0) is 9.59 Å². The molecule has 0 heterocycles. The van der Waals surface area contributed by atoms with E-state index in [2.05, 4.69) is 0 Å². The molecule has 0 aromatic rings. The van der Waals surface area contributed by atoms with E-state index < -0.39 is 15.9 Å². The Morgan fingerprint density at radius 2 is 1.62 bits per heavy atom. The third-order valence-corrected chi connectivity index (χ3v) is 3.04. The van der Waals surface area contributed by atoms with E-state index in [0.29, 0.717) is 12.8 Å². The number of halogens is 2. The Balaban J connectivity index is 4.66. The summed E-state index contributed by atoms with van der Waals surface area (Å²) >= 11 is 10.8. The molecule has 13 heavy (non-hydrogen) atoms. The topological polar surface area (TPSA) is 34.1 Å². The normalized spacial score (nSPS) is 11.4. The predicted molar refractivity (Wildman–Crippen MR) is 54.0 cm³/mol. The van der Waals surface area contributed by atoms with Crippen molar-refractivity contribution in [2.24, 2.45) is 5.41 Å². The van der Waals surface area contributed by atoms with Gasteiger partial charge >= 0.3 is 0 Å². The van der Waals surface area contributed by atoms with Crippen LogP contribution in [0.3, 0.4) is 0 Å². The summed E-state index contributed by atoms with van der Waals surface area (Å²) in [5, 5.41) is -1.27. The molecular formula is C9H14Cl2O2. The maximum absolute atomic E-state index is 11.1. The molecule has 0 amide bonds. The van der Waals surface area contributed by atoms with Crippen molar-refractivity contribution >= 4 is 33.7 Å². The minimum absolute atomic E-state index is 0.373. The number of rotatable bonds is 6. The van der Waals surface area contributed by atoms with Gasteiger partial charge in [0.2, 0.25) is 10.5 Å². The zero-order valence-corrected chi connectivity index (χ0v) is 9.41. The van der Waals surface area contributed by atoms with Crippen LogP contribution in [0.1, 0.15) is 39.5 Å². The number of carbonyl (C=O) groups excluding carboxylic acids is 2. The van der Waals surface area contributed by atoms with Crippen molar-refractivity contribution in [2.75, 3.05) is 0 Å². The SMILES string of the molecule is CCCCC(CC)(C(=O)Cl)C(=O)Cl. The first-order chi connectivity index (χ1) is 6.01. The lowest BCUT2D eigenvalue weighted by atomic mass is 9.83. The molecule has 2 nitrogen and oxygen atoms in total. The highest BCUT2D eigenvalue weighted by molar-refractivity contribution is 6.74. The zero-order chi connectivity index (χ0) is 10.5. The summed E-state index contributed by atoms with van der Waals surface area (Å²) in [5.41, 5.74) is -1.15. The number of unbranched alkanes of at least 4 members (excludes halogenated alkanes) is 1. The van der Waals surface area contributed by atoms with Crippen LogP contribution in [0.4, 0.5) is 0 Å². The summed E-state index contributed by atoms with van der Waals surface area (Å²) in [6, 6.07) is 0. The maximum Gasteiger partial charge on any atom is 0.236 e. The van der Waals surface area contributed by atoms with Crippen molar-refractivity contribution in [3.8, 4) is 0 Å². The monoisotopic (exact) mass is 224 g/mol. The van der Waals surface area contributed by atoms with Crippen LogP contribution in [0.2, 0.25) is 0 Å². The average molecular weight is 225 g/mol. The lowest BCUT2D eigenvalue weighted by Gasteiger charge is -2.23. The van der Waals surface area contributed by atoms with Crippen LogP contribution >= 0.6 is 23.2 Å². The molecule has 0 aliphatic heterocycles. The van der Waals surface area contributed by atoms with Crippen LogP contribution < -0.4 is 0 Å². The van der Waals surface area contributed by atoms with Gasteiger partial charge in [0.25, 0.3) is 0 Å². The summed E-state index contributed by atoms with van der Waals surface area (Å²) in [6.45, 7) is 3.73. The van der Waals surface area contributed by atoms with Gasteiger partial charge in [-0.3, -0.25) is 9.59 Å². The second-order valence-electron chi connectivity index (χ2n) is 3.09. The molecule has 0 unspecified atom stereocenters. The molecule has 4 heteroatoms. The van der Waals surface area contributed by atoms with Crippen molar-refractivity contribution in [1.82, 2.24) is 0 Å². The quantitative estimate of drug-likeness (QED) is 0.514. The van der Waals surface area contributed by atoms with Crippen LogP contribution in [0.15, 0.2) is 0 Å². The molecule has 0 atom stereocenters. The van der Waals surface area contributed by atoms with E-state index in [-0.39, 0.29) is 0 Å². The Labute approximate surface area is 88.6 Å². The van der Waals surface area contributed by atoms with Gasteiger partial charge in [0.05, 0.1) is 0 Å². The summed E-state index contributed by atoms with van der Waals surface area (Å²) in [5.74, 6) is 0. The Morgan fingerprint density at radius 1 is 1.15 bits per heavy atom. The van der Waals surface area contributed by atoms with Crippen molar-refractivity contribution in [3.63, 3.8) is 0 Å². The lowest BCUT2D eigenvalue weighted by molar-refractivity contribution is -0.132. The van der Waals surface area contributed by atoms with Crippen molar-refractivity contribution in [3.05, 3.63) is 0 Å². The molecule has 0 rings (SSSR count). The van der Waals surface area contributed by atoms with E-state index in [0.717, 1.165) is 12.8 Å². The van der Waals surface area contributed by atoms with Crippen molar-refractivity contribution in [2.45, 2.75) is 39.5 Å². The van der Waals surface area contributed by atoms with E-state index in [4.69, 9.17) is 23.2 Å². The highest BCUT2D eigenvalue weighted by atomic mass is 35.5. The van der Waals surface area contributed by atoms with Crippen molar-refractivity contribution < 1.29 is 9.59 Å². The third-order valence-electron chi connectivity index (χ3n) is 2.31. The Hall–Kier alpha value is -0.0800. The van der Waals surface area contributed by atoms with Gasteiger partial charge in [-0.15, -0.1) is 0 Å². The summed E-state index contributed by atoms with van der Waals surface area (Å²) in [7, 11) is 0. The minimum atomic E-state index is -1.15. The standard InChI is InChI=1S/C9H14Cl2O2/c1-3-5-6-9(4-2,7(10)12)8(11)13/h3-6H2,1-2H3. The minimum Gasteiger partial charge on any atom is -0.280 e. The largest absolute Gasteiger partial charge is 0.280 e. The molecular weight excluding hydrogens is 211 g/mol. The molecule has 0 aromatic heterocycles. The van der Waals surface area contributed by atoms with Gasteiger partial charge in [-0.1, -0.05) is 26.7 Å². The molecule has 0 aromatic carbocycles. The van der Waals surface area contributed by atoms with Gasteiger partial charge < -0.3 is 0 Å². The van der Waals surface area contributed by atoms with Crippen molar-refractivity contribution in [1.29, 1.82) is 0 Å². The molecule has 0 radical (unpaired) electrons. The molecule has 0 N–H and O–H groups in total. The third kappa shape index (κ3) is 2.96. The lowest BCUT2D eigenvalue weighted by Crippen LogP contribution is -2.33. The predicted octanol–water partition coefficient (Wildman–Crippen LogP) is 3.10. The Bertz CT molecular complexity index is 188. The van der Waals surface area contributed by atoms with Crippen LogP contribution in [0, 0.1) is 5.41 Å². The first-order valence-corrected chi connectivity index (χ1v) is 5.16. The highest BCUT2D eigenvalue weighted by Crippen LogP contribution is 2.34. The first kappa shape index (κ1) is 12.9. The Kier molecular flexibility index (Phi) is 5.57. The van der Waals surface area contributed by atoms with Gasteiger partial charge in [0.15, 0.2) is 0 Å². The van der Waals surface area contributed by atoms with E-state index in [1.165, 1.54) is 0 Å². The molecule has 0 saturated heterocycles. The smallest absolute Gasteiger partial charge is 0.236 e. The Morgan fingerprint density at radius 3 is 1.85 bits per heavy atom. The van der Waals surface area contributed by atoms with Crippen LogP contribution in [0.25, 0.3) is 0 Å². The summed E-state index contributed by atoms with van der Waals surface area (Å²) < 4.78 is 0. The van der Waals surface area contributed by atoms with Crippen LogP contribution in [0.5, 0.6) is 0 Å². The number of hydrogen-bond acceptors (Lipinski definition) is 2. The fraction of sp³-hybridized carbons (Fsp3) is 0.778. The van der Waals surface area contributed by atoms with Gasteiger partial charge in [-0.2, -0.15) is 0 Å². The van der Waals surface area contributed by atoms with E-state index in [1.54, 1.807) is 6.92 Å². The fourth-order valence-electron chi connectivity index (χ4n) is 1.21. The van der Waals surface area contributed by atoms with E-state index >= 15 is 0 Å². The first-order valence-electron chi connectivity index (χ1n) is 4.41. The summed E-state index contributed by atoms with van der Waals surface area (Å²) in [4.78, 5) is 22.2. The molecule has 0 aliphatic rings. The molecule has 0 fully saturated rings. The second kappa shape index (κ2) is 5.61. The number of hydrogen-bond donors (Lipinski definition) is 0. The molecule has 0 aliphatic carbocycles. The van der Waals surface area contributed by atoms with Gasteiger partial charge in [-0.25, -0.2) is 0 Å². The molecule has 0 bridgehead atoms. The van der Waals surface area contributed by atoms with Gasteiger partial charge in [-0.05, 0) is 36.0 Å². The molecule has 0 spiro atoms.